The number of urea groups is 1. The van der Waals surface area contributed by atoms with Gasteiger partial charge in [0.2, 0.25) is 0 Å². The molecule has 0 radical (unpaired) electrons. The molecule has 3 N–H and O–H groups in total. The quantitative estimate of drug-likeness (QED) is 0.467. The maximum Gasteiger partial charge on any atom is 0.319 e. The second-order valence-corrected chi connectivity index (χ2v) is 8.13. The number of hydrogen-bond donors (Lipinski definition) is 3. The van der Waals surface area contributed by atoms with E-state index in [0.29, 0.717) is 42.1 Å². The number of nitrogens with zero attached hydrogens (tertiary/aromatic N) is 3. The fourth-order valence-electron chi connectivity index (χ4n) is 4.00. The van der Waals surface area contributed by atoms with E-state index in [0.717, 1.165) is 6.42 Å². The highest BCUT2D eigenvalue weighted by Crippen LogP contribution is 2.24. The number of carbonyl (C=O) groups excluding carboxylic acids is 1. The predicted octanol–water partition coefficient (Wildman–Crippen LogP) is 3.21. The van der Waals surface area contributed by atoms with E-state index >= 15 is 0 Å². The summed E-state index contributed by atoms with van der Waals surface area (Å²) in [4.78, 5) is 12.4. The summed E-state index contributed by atoms with van der Waals surface area (Å²) in [5.74, 6) is 0.359. The molecule has 0 unspecified atom stereocenters. The Labute approximate surface area is 196 Å². The van der Waals surface area contributed by atoms with Crippen LogP contribution in [0.2, 0.25) is 0 Å². The predicted molar refractivity (Wildman–Crippen MR) is 124 cm³/mol. The van der Waals surface area contributed by atoms with Gasteiger partial charge in [-0.05, 0) is 55.7 Å². The zero-order valence-electron chi connectivity index (χ0n) is 18.9. The largest absolute Gasteiger partial charge is 0.497 e. The van der Waals surface area contributed by atoms with Gasteiger partial charge in [-0.2, -0.15) is 0 Å². The van der Waals surface area contributed by atoms with Crippen molar-refractivity contribution >= 4 is 11.7 Å². The maximum absolute atomic E-state index is 14.0. The average Bonchev–Trinajstić information content (AvgIpc) is 3.33. The second kappa shape index (κ2) is 11.1. The molecule has 2 aromatic carbocycles. The Balaban J connectivity index is 1.26. The number of benzene rings is 2. The van der Waals surface area contributed by atoms with Crippen LogP contribution in [0.5, 0.6) is 5.75 Å². The molecule has 3 aromatic rings. The summed E-state index contributed by atoms with van der Waals surface area (Å²) >= 11 is 0. The number of carbonyl (C=O) groups is 1. The molecule has 1 aliphatic rings. The third kappa shape index (κ3) is 5.89. The normalized spacial score (nSPS) is 20.0. The standard InChI is InChI=1S/C24H28FN5O4/c1-33-17-8-6-16(7-9-17)26-24(32)27-21-11-10-18(34-23(21)15-31)12-13-30-14-22(28-29-30)19-4-2-3-5-20(19)25/h2-9,14,18,21,23,31H,10-13,15H2,1H3,(H2,26,27,32)/t18-,21+,23+/m1/s1. The van der Waals surface area contributed by atoms with Crippen LogP contribution >= 0.6 is 0 Å². The smallest absolute Gasteiger partial charge is 0.319 e. The number of aromatic nitrogens is 3. The van der Waals surface area contributed by atoms with Gasteiger partial charge in [-0.3, -0.25) is 4.68 Å². The SMILES string of the molecule is COc1ccc(NC(=O)N[C@H]2CC[C@H](CCn3cc(-c4ccccc4F)nn3)O[C@H]2CO)cc1. The van der Waals surface area contributed by atoms with Gasteiger partial charge in [0.25, 0.3) is 0 Å². The molecule has 1 fully saturated rings. The van der Waals surface area contributed by atoms with Crippen molar-refractivity contribution in [3.05, 3.63) is 60.5 Å². The Morgan fingerprint density at radius 1 is 1.24 bits per heavy atom. The van der Waals surface area contributed by atoms with Gasteiger partial charge in [0.05, 0.1) is 32.1 Å². The Morgan fingerprint density at radius 2 is 2.03 bits per heavy atom. The zero-order valence-corrected chi connectivity index (χ0v) is 18.9. The van der Waals surface area contributed by atoms with Gasteiger partial charge >= 0.3 is 6.03 Å². The van der Waals surface area contributed by atoms with Gasteiger partial charge in [-0.15, -0.1) is 5.10 Å². The molecule has 0 aliphatic carbocycles. The number of aliphatic hydroxyl groups excluding tert-OH is 1. The number of nitrogens with one attached hydrogen (secondary N) is 2. The summed E-state index contributed by atoms with van der Waals surface area (Å²) in [6.07, 6.45) is 3.15. The molecule has 34 heavy (non-hydrogen) atoms. The van der Waals surface area contributed by atoms with Crippen LogP contribution in [0.15, 0.2) is 54.7 Å². The summed E-state index contributed by atoms with van der Waals surface area (Å²) in [5.41, 5.74) is 1.52. The molecular weight excluding hydrogens is 441 g/mol. The third-order valence-electron chi connectivity index (χ3n) is 5.83. The monoisotopic (exact) mass is 469 g/mol. The van der Waals surface area contributed by atoms with Crippen molar-refractivity contribution in [2.75, 3.05) is 19.0 Å². The van der Waals surface area contributed by atoms with Crippen molar-refractivity contribution in [3.8, 4) is 17.0 Å². The van der Waals surface area contributed by atoms with Gasteiger partial charge in [-0.25, -0.2) is 9.18 Å². The Kier molecular flexibility index (Phi) is 7.71. The Morgan fingerprint density at radius 3 is 2.76 bits per heavy atom. The van der Waals surface area contributed by atoms with E-state index in [4.69, 9.17) is 9.47 Å². The molecule has 0 saturated carbocycles. The number of methoxy groups -OCH3 is 1. The molecule has 2 amide bonds. The molecule has 0 spiro atoms. The first-order chi connectivity index (χ1) is 16.6. The third-order valence-corrected chi connectivity index (χ3v) is 5.83. The van der Waals surface area contributed by atoms with Crippen LogP contribution in [0, 0.1) is 5.82 Å². The number of ether oxygens (including phenoxy) is 2. The summed E-state index contributed by atoms with van der Waals surface area (Å²) in [7, 11) is 1.58. The topological polar surface area (TPSA) is 111 Å². The number of rotatable bonds is 8. The van der Waals surface area contributed by atoms with Crippen LogP contribution in [-0.2, 0) is 11.3 Å². The molecule has 2 heterocycles. The lowest BCUT2D eigenvalue weighted by atomic mass is 9.97. The Bertz CT molecular complexity index is 1090. The Hall–Kier alpha value is -3.50. The first-order valence-corrected chi connectivity index (χ1v) is 11.2. The van der Waals surface area contributed by atoms with E-state index in [9.17, 15) is 14.3 Å². The molecule has 1 aliphatic heterocycles. The number of aliphatic hydroxyl groups is 1. The van der Waals surface area contributed by atoms with Crippen LogP contribution < -0.4 is 15.4 Å². The van der Waals surface area contributed by atoms with Gasteiger partial charge < -0.3 is 25.2 Å². The average molecular weight is 470 g/mol. The van der Waals surface area contributed by atoms with Crippen molar-refractivity contribution in [1.29, 1.82) is 0 Å². The summed E-state index contributed by atoms with van der Waals surface area (Å²) in [6, 6.07) is 12.8. The van der Waals surface area contributed by atoms with E-state index < -0.39 is 6.10 Å². The van der Waals surface area contributed by atoms with Crippen molar-refractivity contribution < 1.29 is 23.8 Å². The molecule has 1 saturated heterocycles. The van der Waals surface area contributed by atoms with Gasteiger partial charge in [-0.1, -0.05) is 17.3 Å². The molecule has 9 nitrogen and oxygen atoms in total. The van der Waals surface area contributed by atoms with Crippen LogP contribution in [0.4, 0.5) is 14.9 Å². The van der Waals surface area contributed by atoms with Crippen molar-refractivity contribution in [2.45, 2.75) is 44.1 Å². The second-order valence-electron chi connectivity index (χ2n) is 8.13. The molecule has 180 valence electrons. The highest BCUT2D eigenvalue weighted by Gasteiger charge is 2.32. The fourth-order valence-corrected chi connectivity index (χ4v) is 4.00. The van der Waals surface area contributed by atoms with Crippen LogP contribution in [0.1, 0.15) is 19.3 Å². The van der Waals surface area contributed by atoms with Gasteiger partial charge in [0.15, 0.2) is 0 Å². The van der Waals surface area contributed by atoms with Gasteiger partial charge in [0, 0.05) is 17.8 Å². The summed E-state index contributed by atoms with van der Waals surface area (Å²) in [5, 5.41) is 23.6. The maximum atomic E-state index is 14.0. The minimum absolute atomic E-state index is 0.0963. The van der Waals surface area contributed by atoms with Crippen molar-refractivity contribution in [3.63, 3.8) is 0 Å². The molecule has 0 bridgehead atoms. The lowest BCUT2D eigenvalue weighted by Gasteiger charge is -2.36. The number of amides is 2. The van der Waals surface area contributed by atoms with E-state index in [1.54, 1.807) is 60.5 Å². The number of anilines is 1. The van der Waals surface area contributed by atoms with Crippen LogP contribution in [-0.4, -0.2) is 58.1 Å². The minimum Gasteiger partial charge on any atom is -0.497 e. The number of hydrogen-bond acceptors (Lipinski definition) is 6. The highest BCUT2D eigenvalue weighted by atomic mass is 19.1. The zero-order chi connectivity index (χ0) is 23.9. The first kappa shape index (κ1) is 23.7. The van der Waals surface area contributed by atoms with Gasteiger partial charge in [0.1, 0.15) is 23.4 Å². The minimum atomic E-state index is -0.509. The van der Waals surface area contributed by atoms with E-state index in [1.165, 1.54) is 6.07 Å². The summed E-state index contributed by atoms with van der Waals surface area (Å²) in [6.45, 7) is 0.338. The molecular formula is C24H28FN5O4. The first-order valence-electron chi connectivity index (χ1n) is 11.2. The van der Waals surface area contributed by atoms with E-state index in [2.05, 4.69) is 20.9 Å². The van der Waals surface area contributed by atoms with Crippen molar-refractivity contribution in [2.24, 2.45) is 0 Å². The summed E-state index contributed by atoms with van der Waals surface area (Å²) < 4.78 is 26.8. The number of halogens is 1. The molecule has 3 atom stereocenters. The number of aryl methyl sites for hydroxylation is 1. The van der Waals surface area contributed by atoms with Crippen LogP contribution in [0.3, 0.4) is 0 Å². The highest BCUT2D eigenvalue weighted by molar-refractivity contribution is 5.89. The van der Waals surface area contributed by atoms with Crippen LogP contribution in [0.25, 0.3) is 11.3 Å². The lowest BCUT2D eigenvalue weighted by Crippen LogP contribution is -2.52. The molecule has 10 heteroatoms. The lowest BCUT2D eigenvalue weighted by molar-refractivity contribution is -0.0905. The van der Waals surface area contributed by atoms with E-state index in [-0.39, 0.29) is 30.6 Å². The fraction of sp³-hybridized carbons (Fsp3) is 0.375. The van der Waals surface area contributed by atoms with E-state index in [1.807, 2.05) is 0 Å². The molecule has 1 aromatic heterocycles. The van der Waals surface area contributed by atoms with Crippen molar-refractivity contribution in [1.82, 2.24) is 20.3 Å². The molecule has 4 rings (SSSR count).